The highest BCUT2D eigenvalue weighted by molar-refractivity contribution is 5.38. The Hall–Kier alpha value is -2.88. The maximum absolute atomic E-state index is 13.9. The average molecular weight is 420 g/mol. The molecule has 9 heteroatoms. The van der Waals surface area contributed by atoms with E-state index in [1.807, 2.05) is 37.3 Å². The van der Waals surface area contributed by atoms with Crippen molar-refractivity contribution in [3.8, 4) is 0 Å². The third kappa shape index (κ3) is 7.18. The van der Waals surface area contributed by atoms with Crippen LogP contribution in [-0.4, -0.2) is 42.6 Å². The average Bonchev–Trinajstić information content (AvgIpc) is 2.75. The molecule has 30 heavy (non-hydrogen) atoms. The summed E-state index contributed by atoms with van der Waals surface area (Å²) in [5.74, 6) is 0. The standard InChI is InChI=1S/C14H18FNO4.C7H7NO2/c15-11-6-13(18-8-10-4-2-1-3-5-10)20-12(7-16)14(11)19-9-17;1-6-2-4-7(5-3-6)8(9)10/h1-5,9,11-14H,6-8,16H2;2-5H,1H3. The van der Waals surface area contributed by atoms with Crippen molar-refractivity contribution in [3.05, 3.63) is 75.8 Å². The lowest BCUT2D eigenvalue weighted by Gasteiger charge is -2.36. The molecule has 0 radical (unpaired) electrons. The van der Waals surface area contributed by atoms with E-state index in [1.54, 1.807) is 12.1 Å². The van der Waals surface area contributed by atoms with E-state index < -0.39 is 29.6 Å². The fourth-order valence-electron chi connectivity index (χ4n) is 2.84. The number of rotatable bonds is 7. The van der Waals surface area contributed by atoms with Crippen LogP contribution in [-0.2, 0) is 25.6 Å². The molecule has 1 aliphatic heterocycles. The van der Waals surface area contributed by atoms with Crippen LogP contribution in [0, 0.1) is 17.0 Å². The molecule has 0 amide bonds. The van der Waals surface area contributed by atoms with Crippen LogP contribution in [0.25, 0.3) is 0 Å². The first-order chi connectivity index (χ1) is 14.4. The Kier molecular flexibility index (Phi) is 9.33. The molecule has 1 heterocycles. The van der Waals surface area contributed by atoms with Gasteiger partial charge in [-0.3, -0.25) is 14.9 Å². The Morgan fingerprint density at radius 3 is 2.47 bits per heavy atom. The molecule has 0 saturated carbocycles. The van der Waals surface area contributed by atoms with Crippen LogP contribution in [0.15, 0.2) is 54.6 Å². The Morgan fingerprint density at radius 1 is 1.23 bits per heavy atom. The van der Waals surface area contributed by atoms with Crippen LogP contribution in [0.2, 0.25) is 0 Å². The third-order valence-electron chi connectivity index (χ3n) is 4.44. The monoisotopic (exact) mass is 420 g/mol. The number of halogens is 1. The van der Waals surface area contributed by atoms with E-state index in [-0.39, 0.29) is 25.1 Å². The lowest BCUT2D eigenvalue weighted by Crippen LogP contribution is -2.51. The van der Waals surface area contributed by atoms with Gasteiger partial charge in [-0.1, -0.05) is 48.0 Å². The second kappa shape index (κ2) is 12.0. The number of nitrogens with two attached hydrogens (primary N) is 1. The zero-order chi connectivity index (χ0) is 21.9. The van der Waals surface area contributed by atoms with Crippen LogP contribution < -0.4 is 5.73 Å². The van der Waals surface area contributed by atoms with E-state index in [9.17, 15) is 19.3 Å². The van der Waals surface area contributed by atoms with Gasteiger partial charge >= 0.3 is 0 Å². The smallest absolute Gasteiger partial charge is 0.293 e. The number of nitrogens with zero attached hydrogens (tertiary/aromatic N) is 1. The highest BCUT2D eigenvalue weighted by Gasteiger charge is 2.40. The zero-order valence-corrected chi connectivity index (χ0v) is 16.6. The molecule has 2 N–H and O–H groups in total. The van der Waals surface area contributed by atoms with Gasteiger partial charge in [-0.05, 0) is 12.5 Å². The Labute approximate surface area is 173 Å². The highest BCUT2D eigenvalue weighted by Crippen LogP contribution is 2.25. The van der Waals surface area contributed by atoms with Crippen molar-refractivity contribution in [1.29, 1.82) is 0 Å². The third-order valence-corrected chi connectivity index (χ3v) is 4.44. The molecule has 0 aliphatic carbocycles. The van der Waals surface area contributed by atoms with Crippen LogP contribution in [0.4, 0.5) is 10.1 Å². The first kappa shape index (κ1) is 23.4. The van der Waals surface area contributed by atoms with Gasteiger partial charge in [0, 0.05) is 25.1 Å². The van der Waals surface area contributed by atoms with Gasteiger partial charge in [-0.15, -0.1) is 0 Å². The molecule has 4 unspecified atom stereocenters. The van der Waals surface area contributed by atoms with Gasteiger partial charge in [0.05, 0.1) is 11.5 Å². The predicted octanol–water partition coefficient (Wildman–Crippen LogP) is 3.06. The van der Waals surface area contributed by atoms with Crippen molar-refractivity contribution in [1.82, 2.24) is 0 Å². The molecule has 4 atom stereocenters. The molecule has 1 saturated heterocycles. The zero-order valence-electron chi connectivity index (χ0n) is 16.6. The highest BCUT2D eigenvalue weighted by atomic mass is 19.1. The van der Waals surface area contributed by atoms with Crippen LogP contribution in [0.1, 0.15) is 17.5 Å². The number of carbonyl (C=O) groups is 1. The summed E-state index contributed by atoms with van der Waals surface area (Å²) in [6.45, 7) is 2.50. The maximum Gasteiger partial charge on any atom is 0.293 e. The molecule has 1 fully saturated rings. The Balaban J connectivity index is 0.000000269. The largest absolute Gasteiger partial charge is 0.459 e. The van der Waals surface area contributed by atoms with Crippen molar-refractivity contribution >= 4 is 12.2 Å². The molecule has 0 spiro atoms. The minimum Gasteiger partial charge on any atom is -0.459 e. The molecule has 162 valence electrons. The van der Waals surface area contributed by atoms with E-state index in [4.69, 9.17) is 19.9 Å². The Morgan fingerprint density at radius 2 is 1.90 bits per heavy atom. The van der Waals surface area contributed by atoms with Crippen molar-refractivity contribution in [2.75, 3.05) is 6.54 Å². The van der Waals surface area contributed by atoms with Gasteiger partial charge in [-0.25, -0.2) is 4.39 Å². The van der Waals surface area contributed by atoms with Gasteiger partial charge < -0.3 is 19.9 Å². The number of non-ortho nitro benzene ring substituents is 1. The van der Waals surface area contributed by atoms with Crippen molar-refractivity contribution in [2.24, 2.45) is 5.73 Å². The van der Waals surface area contributed by atoms with Crippen molar-refractivity contribution < 1.29 is 28.3 Å². The van der Waals surface area contributed by atoms with Gasteiger partial charge in [-0.2, -0.15) is 0 Å². The fourth-order valence-corrected chi connectivity index (χ4v) is 2.84. The summed E-state index contributed by atoms with van der Waals surface area (Å²) in [6, 6.07) is 16.0. The SMILES string of the molecule is Cc1ccc([N+](=O)[O-])cc1.NCC1OC(OCc2ccccc2)CC(F)C1OC=O. The summed E-state index contributed by atoms with van der Waals surface area (Å²) in [4.78, 5) is 20.1. The minimum atomic E-state index is -1.34. The van der Waals surface area contributed by atoms with E-state index in [0.717, 1.165) is 11.1 Å². The van der Waals surface area contributed by atoms with Crippen molar-refractivity contribution in [2.45, 2.75) is 44.6 Å². The lowest BCUT2D eigenvalue weighted by atomic mass is 10.0. The summed E-state index contributed by atoms with van der Waals surface area (Å²) < 4.78 is 29.7. The number of ether oxygens (including phenoxy) is 3. The van der Waals surface area contributed by atoms with Crippen molar-refractivity contribution in [3.63, 3.8) is 0 Å². The van der Waals surface area contributed by atoms with Crippen LogP contribution >= 0.6 is 0 Å². The van der Waals surface area contributed by atoms with Gasteiger partial charge in [0.1, 0.15) is 12.3 Å². The number of benzene rings is 2. The second-order valence-electron chi connectivity index (χ2n) is 6.68. The minimum absolute atomic E-state index is 0.0157. The first-order valence-corrected chi connectivity index (χ1v) is 9.40. The molecule has 0 bridgehead atoms. The van der Waals surface area contributed by atoms with E-state index in [1.165, 1.54) is 12.1 Å². The number of carbonyl (C=O) groups excluding carboxylic acids is 1. The normalized spacial score (nSPS) is 23.0. The van der Waals surface area contributed by atoms with Crippen LogP contribution in [0.3, 0.4) is 0 Å². The molecular formula is C21H25FN2O6. The van der Waals surface area contributed by atoms with Gasteiger partial charge in [0.2, 0.25) is 0 Å². The summed E-state index contributed by atoms with van der Waals surface area (Å²) in [5.41, 5.74) is 7.66. The summed E-state index contributed by atoms with van der Waals surface area (Å²) in [7, 11) is 0. The molecule has 1 aliphatic rings. The molecule has 3 rings (SSSR count). The quantitative estimate of drug-likeness (QED) is 0.416. The molecule has 2 aromatic carbocycles. The summed E-state index contributed by atoms with van der Waals surface area (Å²) in [5, 5.41) is 10.1. The number of aryl methyl sites for hydroxylation is 1. The van der Waals surface area contributed by atoms with Gasteiger partial charge in [0.25, 0.3) is 12.2 Å². The van der Waals surface area contributed by atoms with E-state index in [2.05, 4.69) is 0 Å². The molecule has 8 nitrogen and oxygen atoms in total. The summed E-state index contributed by atoms with van der Waals surface area (Å²) >= 11 is 0. The number of hydrogen-bond acceptors (Lipinski definition) is 7. The molecular weight excluding hydrogens is 395 g/mol. The van der Waals surface area contributed by atoms with E-state index in [0.29, 0.717) is 6.61 Å². The summed E-state index contributed by atoms with van der Waals surface area (Å²) in [6.07, 6.45) is -3.67. The number of nitro benzene ring substituents is 1. The fraction of sp³-hybridized carbons (Fsp3) is 0.381. The number of hydrogen-bond donors (Lipinski definition) is 1. The second-order valence-corrected chi connectivity index (χ2v) is 6.68. The Bertz CT molecular complexity index is 790. The lowest BCUT2D eigenvalue weighted by molar-refractivity contribution is -0.384. The predicted molar refractivity (Wildman–Crippen MR) is 107 cm³/mol. The number of alkyl halides is 1. The van der Waals surface area contributed by atoms with Gasteiger partial charge in [0.15, 0.2) is 12.4 Å². The van der Waals surface area contributed by atoms with E-state index >= 15 is 0 Å². The molecule has 0 aromatic heterocycles. The first-order valence-electron chi connectivity index (χ1n) is 9.40. The topological polar surface area (TPSA) is 114 Å². The maximum atomic E-state index is 13.9. The number of nitro groups is 1. The molecule has 2 aromatic rings. The van der Waals surface area contributed by atoms with Crippen LogP contribution in [0.5, 0.6) is 0 Å².